The first-order valence-electron chi connectivity index (χ1n) is 8.91. The highest BCUT2D eigenvalue weighted by Crippen LogP contribution is 2.17. The molecule has 0 saturated carbocycles. The maximum absolute atomic E-state index is 12.7. The van der Waals surface area contributed by atoms with E-state index in [0.717, 1.165) is 5.56 Å². The zero-order valence-corrected chi connectivity index (χ0v) is 19.1. The number of amidine groups is 1. The van der Waals surface area contributed by atoms with Gasteiger partial charge in [0.25, 0.3) is 0 Å². The topological polar surface area (TPSA) is 68.2 Å². The summed E-state index contributed by atoms with van der Waals surface area (Å²) in [5, 5.41) is 0.863. The van der Waals surface area contributed by atoms with E-state index in [1.165, 1.54) is 16.7 Å². The highest BCUT2D eigenvalue weighted by atomic mass is 35.5. The fourth-order valence-corrected chi connectivity index (χ4v) is 2.73. The van der Waals surface area contributed by atoms with Crippen LogP contribution in [0.25, 0.3) is 0 Å². The van der Waals surface area contributed by atoms with Gasteiger partial charge in [0.15, 0.2) is 5.17 Å². The smallest absolute Gasteiger partial charge is 0.436 e. The largest absolute Gasteiger partial charge is 0.443 e. The Balaban J connectivity index is 3.06. The van der Waals surface area contributed by atoms with E-state index in [-0.39, 0.29) is 5.17 Å². The molecule has 0 atom stereocenters. The van der Waals surface area contributed by atoms with E-state index in [1.54, 1.807) is 59.9 Å². The minimum atomic E-state index is -0.753. The van der Waals surface area contributed by atoms with E-state index in [4.69, 9.17) is 21.1 Å². The number of rotatable bonds is 3. The van der Waals surface area contributed by atoms with Crippen molar-refractivity contribution in [3.63, 3.8) is 0 Å². The van der Waals surface area contributed by atoms with Gasteiger partial charge in [-0.25, -0.2) is 9.59 Å². The SMILES string of the molecule is CS/C(=N/C(=O)OC(C)(C)C)N(CCc1ccc(Cl)cc1)C(=O)OC(C)(C)C. The Hall–Kier alpha value is -1.73. The van der Waals surface area contributed by atoms with Gasteiger partial charge in [-0.3, -0.25) is 4.90 Å². The van der Waals surface area contributed by atoms with Gasteiger partial charge in [0.05, 0.1) is 0 Å². The second-order valence-electron chi connectivity index (χ2n) is 8.09. The Morgan fingerprint density at radius 2 is 1.57 bits per heavy atom. The summed E-state index contributed by atoms with van der Waals surface area (Å²) in [4.78, 5) is 30.2. The molecule has 156 valence electrons. The number of amides is 2. The number of carbonyl (C=O) groups is 2. The van der Waals surface area contributed by atoms with E-state index >= 15 is 0 Å². The van der Waals surface area contributed by atoms with Crippen molar-refractivity contribution in [1.82, 2.24) is 4.90 Å². The minimum absolute atomic E-state index is 0.220. The van der Waals surface area contributed by atoms with Crippen molar-refractivity contribution in [3.05, 3.63) is 34.9 Å². The van der Waals surface area contributed by atoms with E-state index in [0.29, 0.717) is 18.0 Å². The number of thioether (sulfide) groups is 1. The average Bonchev–Trinajstić information content (AvgIpc) is 2.52. The summed E-state index contributed by atoms with van der Waals surface area (Å²) in [5.74, 6) is 0. The van der Waals surface area contributed by atoms with Gasteiger partial charge in [-0.1, -0.05) is 35.5 Å². The first-order valence-corrected chi connectivity index (χ1v) is 10.5. The molecule has 1 aromatic carbocycles. The van der Waals surface area contributed by atoms with Crippen molar-refractivity contribution in [1.29, 1.82) is 0 Å². The molecule has 0 aliphatic rings. The lowest BCUT2D eigenvalue weighted by Crippen LogP contribution is -2.41. The molecule has 1 rings (SSSR count). The van der Waals surface area contributed by atoms with Crippen LogP contribution in [-0.4, -0.2) is 46.3 Å². The lowest BCUT2D eigenvalue weighted by Gasteiger charge is -2.27. The van der Waals surface area contributed by atoms with Gasteiger partial charge < -0.3 is 9.47 Å². The lowest BCUT2D eigenvalue weighted by molar-refractivity contribution is 0.0375. The highest BCUT2D eigenvalue weighted by Gasteiger charge is 2.27. The zero-order valence-electron chi connectivity index (χ0n) is 17.5. The minimum Gasteiger partial charge on any atom is -0.443 e. The van der Waals surface area contributed by atoms with E-state index < -0.39 is 23.4 Å². The predicted molar refractivity (Wildman–Crippen MR) is 115 cm³/mol. The summed E-state index contributed by atoms with van der Waals surface area (Å²) in [6.45, 7) is 10.9. The number of halogens is 1. The summed E-state index contributed by atoms with van der Waals surface area (Å²) in [5.41, 5.74) is -0.356. The predicted octanol–water partition coefficient (Wildman–Crippen LogP) is 5.77. The third kappa shape index (κ3) is 9.46. The summed E-state index contributed by atoms with van der Waals surface area (Å²) >= 11 is 7.10. The van der Waals surface area contributed by atoms with Crippen LogP contribution in [0.15, 0.2) is 29.3 Å². The van der Waals surface area contributed by atoms with E-state index in [9.17, 15) is 9.59 Å². The number of hydrogen-bond acceptors (Lipinski definition) is 5. The molecule has 0 aliphatic carbocycles. The van der Waals surface area contributed by atoms with Gasteiger partial charge in [-0.2, -0.15) is 4.99 Å². The molecule has 0 bridgehead atoms. The van der Waals surface area contributed by atoms with E-state index in [1.807, 2.05) is 12.1 Å². The van der Waals surface area contributed by atoms with Crippen molar-refractivity contribution in [3.8, 4) is 0 Å². The standard InChI is InChI=1S/C20H29ClN2O4S/c1-19(2,3)26-17(24)22-16(28-7)23(18(25)27-20(4,5)6)13-12-14-8-10-15(21)11-9-14/h8-11H,12-13H2,1-7H3/b22-16+. The van der Waals surface area contributed by atoms with Crippen molar-refractivity contribution in [2.24, 2.45) is 4.99 Å². The number of benzene rings is 1. The van der Waals surface area contributed by atoms with Crippen molar-refractivity contribution < 1.29 is 19.1 Å². The maximum Gasteiger partial charge on any atom is 0.436 e. The molecule has 6 nitrogen and oxygen atoms in total. The Kier molecular flexibility index (Phi) is 8.82. The van der Waals surface area contributed by atoms with Crippen LogP contribution in [0.1, 0.15) is 47.1 Å². The summed E-state index contributed by atoms with van der Waals surface area (Å²) < 4.78 is 10.7. The van der Waals surface area contributed by atoms with Gasteiger partial charge in [-0.05, 0) is 71.9 Å². The van der Waals surface area contributed by atoms with Crippen molar-refractivity contribution in [2.45, 2.75) is 59.2 Å². The first-order chi connectivity index (χ1) is 12.8. The molecular formula is C20H29ClN2O4S. The normalized spacial score (nSPS) is 12.5. The van der Waals surface area contributed by atoms with Crippen LogP contribution in [0.3, 0.4) is 0 Å². The van der Waals surface area contributed by atoms with Gasteiger partial charge in [-0.15, -0.1) is 0 Å². The number of aliphatic imine (C=N–C) groups is 1. The van der Waals surface area contributed by atoms with Crippen LogP contribution in [0, 0.1) is 0 Å². The Morgan fingerprint density at radius 3 is 2.04 bits per heavy atom. The summed E-state index contributed by atoms with van der Waals surface area (Å²) in [7, 11) is 0. The van der Waals surface area contributed by atoms with Gasteiger partial charge in [0, 0.05) is 11.6 Å². The fraction of sp³-hybridized carbons (Fsp3) is 0.550. The third-order valence-electron chi connectivity index (χ3n) is 3.15. The van der Waals surface area contributed by atoms with Crippen LogP contribution in [0.4, 0.5) is 9.59 Å². The molecule has 8 heteroatoms. The average molecular weight is 429 g/mol. The fourth-order valence-electron chi connectivity index (χ4n) is 2.05. The molecule has 0 aromatic heterocycles. The van der Waals surface area contributed by atoms with E-state index in [2.05, 4.69) is 4.99 Å². The third-order valence-corrected chi connectivity index (χ3v) is 4.07. The molecule has 0 fully saturated rings. The Bertz CT molecular complexity index is 706. The molecule has 0 spiro atoms. The molecule has 2 amide bonds. The van der Waals surface area contributed by atoms with Gasteiger partial charge in [0.2, 0.25) is 0 Å². The lowest BCUT2D eigenvalue weighted by atomic mass is 10.1. The number of carbonyl (C=O) groups excluding carboxylic acids is 2. The van der Waals surface area contributed by atoms with Gasteiger partial charge in [0.1, 0.15) is 11.2 Å². The van der Waals surface area contributed by atoms with Crippen molar-refractivity contribution in [2.75, 3.05) is 12.8 Å². The maximum atomic E-state index is 12.7. The molecule has 0 radical (unpaired) electrons. The quantitative estimate of drug-likeness (QED) is 0.451. The number of hydrogen-bond donors (Lipinski definition) is 0. The second-order valence-corrected chi connectivity index (χ2v) is 9.30. The van der Waals surface area contributed by atoms with Gasteiger partial charge >= 0.3 is 12.2 Å². The van der Waals surface area contributed by atoms with Crippen LogP contribution >= 0.6 is 23.4 Å². The molecular weight excluding hydrogens is 400 g/mol. The first kappa shape index (κ1) is 24.3. The number of ether oxygens (including phenoxy) is 2. The molecule has 0 aliphatic heterocycles. The molecule has 1 aromatic rings. The molecule has 0 saturated heterocycles. The molecule has 0 N–H and O–H groups in total. The monoisotopic (exact) mass is 428 g/mol. The molecule has 0 unspecified atom stereocenters. The van der Waals surface area contributed by atoms with Crippen LogP contribution in [0.5, 0.6) is 0 Å². The Morgan fingerprint density at radius 1 is 1.04 bits per heavy atom. The summed E-state index contributed by atoms with van der Waals surface area (Å²) in [6, 6.07) is 7.36. The molecule has 28 heavy (non-hydrogen) atoms. The summed E-state index contributed by atoms with van der Waals surface area (Å²) in [6.07, 6.45) is 0.961. The van der Waals surface area contributed by atoms with Crippen LogP contribution < -0.4 is 0 Å². The zero-order chi connectivity index (χ0) is 21.5. The second kappa shape index (κ2) is 10.2. The van der Waals surface area contributed by atoms with Crippen LogP contribution in [0.2, 0.25) is 5.02 Å². The van der Waals surface area contributed by atoms with Crippen molar-refractivity contribution >= 4 is 40.7 Å². The highest BCUT2D eigenvalue weighted by molar-refractivity contribution is 8.13. The number of nitrogens with zero attached hydrogens (tertiary/aromatic N) is 2. The molecule has 0 heterocycles. The van der Waals surface area contributed by atoms with Crippen LogP contribution in [-0.2, 0) is 15.9 Å². The Labute approximate surface area is 176 Å².